The van der Waals surface area contributed by atoms with Crippen LogP contribution in [-0.4, -0.2) is 27.9 Å². The van der Waals surface area contributed by atoms with Gasteiger partial charge < -0.3 is 15.6 Å². The van der Waals surface area contributed by atoms with Crippen LogP contribution < -0.4 is 11.1 Å². The number of primary amides is 1. The van der Waals surface area contributed by atoms with Crippen LogP contribution in [0.5, 0.6) is 0 Å². The Morgan fingerprint density at radius 2 is 1.96 bits per heavy atom. The fraction of sp³-hybridized carbons (Fsp3) is 0.211. The number of hydrogen-bond acceptors (Lipinski definition) is 3. The number of aromatic nitrogens is 2. The fourth-order valence-corrected chi connectivity index (χ4v) is 2.82. The van der Waals surface area contributed by atoms with Gasteiger partial charge in [-0.05, 0) is 24.3 Å². The van der Waals surface area contributed by atoms with E-state index >= 15 is 0 Å². The average molecular weight is 390 g/mol. The van der Waals surface area contributed by atoms with Crippen LogP contribution in [0.25, 0.3) is 22.2 Å². The molecule has 28 heavy (non-hydrogen) atoms. The SMILES string of the molecule is Cn1ccc2c(C(=O)NCCC(N)=O)nc(-c3cccc(C(F)(F)F)c3)cc21. The van der Waals surface area contributed by atoms with Crippen LogP contribution in [-0.2, 0) is 18.0 Å². The number of carbonyl (C=O) groups excluding carboxylic acids is 2. The number of nitrogens with two attached hydrogens (primary N) is 1. The summed E-state index contributed by atoms with van der Waals surface area (Å²) in [6, 6.07) is 8.09. The van der Waals surface area contributed by atoms with Crippen LogP contribution in [0.4, 0.5) is 13.2 Å². The third-order valence-electron chi connectivity index (χ3n) is 4.24. The van der Waals surface area contributed by atoms with E-state index in [1.165, 1.54) is 12.1 Å². The number of carbonyl (C=O) groups is 2. The van der Waals surface area contributed by atoms with Gasteiger partial charge in [-0.2, -0.15) is 13.2 Å². The summed E-state index contributed by atoms with van der Waals surface area (Å²) in [7, 11) is 1.76. The maximum atomic E-state index is 13.0. The second-order valence-electron chi connectivity index (χ2n) is 6.27. The van der Waals surface area contributed by atoms with Crippen molar-refractivity contribution in [2.24, 2.45) is 12.8 Å². The molecule has 3 aromatic rings. The molecule has 0 saturated carbocycles. The van der Waals surface area contributed by atoms with Gasteiger partial charge in [0.1, 0.15) is 5.69 Å². The zero-order chi connectivity index (χ0) is 20.5. The smallest absolute Gasteiger partial charge is 0.370 e. The summed E-state index contributed by atoms with van der Waals surface area (Å²) in [5.41, 5.74) is 5.44. The van der Waals surface area contributed by atoms with Crippen molar-refractivity contribution in [3.63, 3.8) is 0 Å². The van der Waals surface area contributed by atoms with Gasteiger partial charge in [0.15, 0.2) is 0 Å². The third kappa shape index (κ3) is 3.98. The number of hydrogen-bond donors (Lipinski definition) is 2. The lowest BCUT2D eigenvalue weighted by atomic mass is 10.1. The topological polar surface area (TPSA) is 90.0 Å². The first-order valence-corrected chi connectivity index (χ1v) is 8.37. The lowest BCUT2D eigenvalue weighted by Gasteiger charge is -2.11. The van der Waals surface area contributed by atoms with Crippen LogP contribution in [0.3, 0.4) is 0 Å². The van der Waals surface area contributed by atoms with Crippen molar-refractivity contribution in [1.82, 2.24) is 14.9 Å². The van der Waals surface area contributed by atoms with E-state index in [9.17, 15) is 22.8 Å². The second-order valence-corrected chi connectivity index (χ2v) is 6.27. The molecule has 3 rings (SSSR count). The van der Waals surface area contributed by atoms with Gasteiger partial charge >= 0.3 is 6.18 Å². The standard InChI is InChI=1S/C19H17F3N4O2/c1-26-8-6-13-15(26)10-14(11-3-2-4-12(9-11)19(20,21)22)25-17(13)18(28)24-7-5-16(23)27/h2-4,6,8-10H,5,7H2,1H3,(H2,23,27)(H,24,28). The van der Waals surface area contributed by atoms with E-state index in [-0.39, 0.29) is 29.9 Å². The summed E-state index contributed by atoms with van der Waals surface area (Å²) in [5.74, 6) is -1.10. The van der Waals surface area contributed by atoms with Crippen LogP contribution in [0.15, 0.2) is 42.6 Å². The lowest BCUT2D eigenvalue weighted by Crippen LogP contribution is -2.28. The summed E-state index contributed by atoms with van der Waals surface area (Å²) >= 11 is 0. The number of fused-ring (bicyclic) bond motifs is 1. The molecule has 9 heteroatoms. The number of amides is 2. The van der Waals surface area contributed by atoms with Gasteiger partial charge in [-0.25, -0.2) is 4.98 Å². The predicted octanol–water partition coefficient (Wildman–Crippen LogP) is 2.86. The molecule has 0 spiro atoms. The summed E-state index contributed by atoms with van der Waals surface area (Å²) in [4.78, 5) is 27.7. The Kier molecular flexibility index (Phi) is 5.08. The largest absolute Gasteiger partial charge is 0.416 e. The molecule has 0 saturated heterocycles. The molecular weight excluding hydrogens is 373 g/mol. The second kappa shape index (κ2) is 7.34. The molecule has 2 aromatic heterocycles. The highest BCUT2D eigenvalue weighted by Crippen LogP contribution is 2.33. The number of pyridine rings is 1. The average Bonchev–Trinajstić information content (AvgIpc) is 3.01. The molecule has 0 bridgehead atoms. The minimum absolute atomic E-state index is 0.0308. The summed E-state index contributed by atoms with van der Waals surface area (Å²) in [5, 5.41) is 3.11. The van der Waals surface area contributed by atoms with Gasteiger partial charge in [-0.15, -0.1) is 0 Å². The van der Waals surface area contributed by atoms with Crippen LogP contribution >= 0.6 is 0 Å². The molecule has 0 aliphatic rings. The molecule has 0 unspecified atom stereocenters. The molecular formula is C19H17F3N4O2. The van der Waals surface area contributed by atoms with Gasteiger partial charge in [0.25, 0.3) is 5.91 Å². The van der Waals surface area contributed by atoms with E-state index in [0.717, 1.165) is 12.1 Å². The molecule has 1 aromatic carbocycles. The van der Waals surface area contributed by atoms with E-state index in [1.807, 2.05) is 0 Å². The van der Waals surface area contributed by atoms with Crippen molar-refractivity contribution in [3.05, 3.63) is 53.9 Å². The summed E-state index contributed by atoms with van der Waals surface area (Å²) < 4.78 is 40.9. The number of halogens is 3. The van der Waals surface area contributed by atoms with Crippen molar-refractivity contribution in [1.29, 1.82) is 0 Å². The number of rotatable bonds is 5. The molecule has 3 N–H and O–H groups in total. The van der Waals surface area contributed by atoms with Crippen LogP contribution in [0.2, 0.25) is 0 Å². The first kappa shape index (κ1) is 19.4. The van der Waals surface area contributed by atoms with E-state index < -0.39 is 23.6 Å². The molecule has 6 nitrogen and oxygen atoms in total. The Balaban J connectivity index is 2.06. The summed E-state index contributed by atoms with van der Waals surface area (Å²) in [6.45, 7) is 0.0396. The van der Waals surface area contributed by atoms with Gasteiger partial charge in [-0.3, -0.25) is 9.59 Å². The number of aryl methyl sites for hydroxylation is 1. The highest BCUT2D eigenvalue weighted by Gasteiger charge is 2.30. The monoisotopic (exact) mass is 390 g/mol. The van der Waals surface area contributed by atoms with Crippen molar-refractivity contribution >= 4 is 22.7 Å². The zero-order valence-corrected chi connectivity index (χ0v) is 14.9. The highest BCUT2D eigenvalue weighted by atomic mass is 19.4. The molecule has 0 radical (unpaired) electrons. The number of alkyl halides is 3. The normalized spacial score (nSPS) is 11.6. The Morgan fingerprint density at radius 1 is 1.21 bits per heavy atom. The molecule has 0 fully saturated rings. The Morgan fingerprint density at radius 3 is 2.64 bits per heavy atom. The van der Waals surface area contributed by atoms with Crippen LogP contribution in [0, 0.1) is 0 Å². The minimum atomic E-state index is -4.49. The Labute approximate surface area is 158 Å². The van der Waals surface area contributed by atoms with Crippen molar-refractivity contribution in [2.75, 3.05) is 6.54 Å². The molecule has 0 aliphatic carbocycles. The third-order valence-corrected chi connectivity index (χ3v) is 4.24. The quantitative estimate of drug-likeness (QED) is 0.702. The molecule has 2 heterocycles. The lowest BCUT2D eigenvalue weighted by molar-refractivity contribution is -0.137. The van der Waals surface area contributed by atoms with Gasteiger partial charge in [0.2, 0.25) is 5.91 Å². The van der Waals surface area contributed by atoms with E-state index in [0.29, 0.717) is 10.9 Å². The van der Waals surface area contributed by atoms with Crippen molar-refractivity contribution in [2.45, 2.75) is 12.6 Å². The Bertz CT molecular complexity index is 1060. The molecule has 0 aliphatic heterocycles. The first-order chi connectivity index (χ1) is 13.2. The van der Waals surface area contributed by atoms with Crippen molar-refractivity contribution in [3.8, 4) is 11.3 Å². The number of nitrogens with zero attached hydrogens (tertiary/aromatic N) is 2. The molecule has 0 atom stereocenters. The zero-order valence-electron chi connectivity index (χ0n) is 14.9. The first-order valence-electron chi connectivity index (χ1n) is 8.37. The maximum absolute atomic E-state index is 13.0. The number of nitrogens with one attached hydrogen (secondary N) is 1. The minimum Gasteiger partial charge on any atom is -0.370 e. The summed E-state index contributed by atoms with van der Waals surface area (Å²) in [6.07, 6.45) is -2.79. The Hall–Kier alpha value is -3.36. The van der Waals surface area contributed by atoms with Gasteiger partial charge in [0.05, 0.1) is 16.8 Å². The fourth-order valence-electron chi connectivity index (χ4n) is 2.82. The number of benzene rings is 1. The van der Waals surface area contributed by atoms with Gasteiger partial charge in [-0.1, -0.05) is 12.1 Å². The van der Waals surface area contributed by atoms with E-state index in [4.69, 9.17) is 5.73 Å². The van der Waals surface area contributed by atoms with E-state index in [2.05, 4.69) is 10.3 Å². The highest BCUT2D eigenvalue weighted by molar-refractivity contribution is 6.05. The van der Waals surface area contributed by atoms with Crippen molar-refractivity contribution < 1.29 is 22.8 Å². The maximum Gasteiger partial charge on any atom is 0.416 e. The van der Waals surface area contributed by atoms with Gasteiger partial charge in [0, 0.05) is 37.2 Å². The van der Waals surface area contributed by atoms with Crippen LogP contribution in [0.1, 0.15) is 22.5 Å². The molecule has 2 amide bonds. The molecule has 146 valence electrons. The van der Waals surface area contributed by atoms with E-state index in [1.54, 1.807) is 29.9 Å². The predicted molar refractivity (Wildman–Crippen MR) is 97.3 cm³/mol.